The van der Waals surface area contributed by atoms with Crippen molar-refractivity contribution in [3.63, 3.8) is 0 Å². The van der Waals surface area contributed by atoms with Gasteiger partial charge in [-0.25, -0.2) is 0 Å². The number of carbonyl (C=O) groups excluding carboxylic acids is 1. The van der Waals surface area contributed by atoms with Crippen molar-refractivity contribution in [1.29, 1.82) is 0 Å². The summed E-state index contributed by atoms with van der Waals surface area (Å²) in [5, 5.41) is 7.42. The van der Waals surface area contributed by atoms with E-state index in [4.69, 9.17) is 16.1 Å². The molecule has 2 aromatic rings. The van der Waals surface area contributed by atoms with Crippen LogP contribution in [-0.4, -0.2) is 22.6 Å². The third kappa shape index (κ3) is 5.15. The molecule has 118 valence electrons. The molecule has 0 atom stereocenters. The summed E-state index contributed by atoms with van der Waals surface area (Å²) in [4.78, 5) is 16.0. The molecule has 1 N–H and O–H groups in total. The van der Waals surface area contributed by atoms with Gasteiger partial charge in [-0.1, -0.05) is 48.7 Å². The van der Waals surface area contributed by atoms with Crippen molar-refractivity contribution in [2.24, 2.45) is 0 Å². The van der Waals surface area contributed by atoms with Gasteiger partial charge in [0.05, 0.1) is 0 Å². The molecule has 0 aliphatic heterocycles. The average molecular weight is 322 g/mol. The Balaban J connectivity index is 1.81. The fraction of sp³-hybridized carbons (Fsp3) is 0.438. The molecule has 6 heteroatoms. The predicted octanol–water partition coefficient (Wildman–Crippen LogP) is 3.63. The van der Waals surface area contributed by atoms with E-state index in [0.717, 1.165) is 31.4 Å². The minimum absolute atomic E-state index is 0.0126. The van der Waals surface area contributed by atoms with Crippen LogP contribution in [0.25, 0.3) is 11.4 Å². The van der Waals surface area contributed by atoms with Crippen molar-refractivity contribution < 1.29 is 9.32 Å². The number of rotatable bonds is 8. The van der Waals surface area contributed by atoms with Crippen molar-refractivity contribution >= 4 is 17.5 Å². The fourth-order valence-electron chi connectivity index (χ4n) is 2.01. The highest BCUT2D eigenvalue weighted by Crippen LogP contribution is 2.20. The van der Waals surface area contributed by atoms with E-state index in [1.54, 1.807) is 12.1 Å². The number of amides is 1. The van der Waals surface area contributed by atoms with Gasteiger partial charge in [-0.2, -0.15) is 4.98 Å². The molecule has 22 heavy (non-hydrogen) atoms. The summed E-state index contributed by atoms with van der Waals surface area (Å²) in [6.45, 7) is 2.86. The van der Waals surface area contributed by atoms with Crippen LogP contribution >= 0.6 is 11.6 Å². The SMILES string of the molecule is CCCCCNC(=O)CCc1nc(-c2cccc(Cl)c2)no1. The van der Waals surface area contributed by atoms with E-state index in [1.807, 2.05) is 12.1 Å². The van der Waals surface area contributed by atoms with E-state index in [-0.39, 0.29) is 5.91 Å². The number of benzene rings is 1. The van der Waals surface area contributed by atoms with Gasteiger partial charge in [0.1, 0.15) is 0 Å². The van der Waals surface area contributed by atoms with E-state index in [9.17, 15) is 4.79 Å². The number of halogens is 1. The maximum absolute atomic E-state index is 11.7. The summed E-state index contributed by atoms with van der Waals surface area (Å²) in [5.41, 5.74) is 0.798. The number of unbranched alkanes of at least 4 members (excludes halogenated alkanes) is 2. The van der Waals surface area contributed by atoms with E-state index in [2.05, 4.69) is 22.4 Å². The number of nitrogens with zero attached hydrogens (tertiary/aromatic N) is 2. The minimum Gasteiger partial charge on any atom is -0.356 e. The molecule has 0 aliphatic rings. The lowest BCUT2D eigenvalue weighted by molar-refractivity contribution is -0.121. The van der Waals surface area contributed by atoms with Gasteiger partial charge in [0.2, 0.25) is 17.6 Å². The highest BCUT2D eigenvalue weighted by atomic mass is 35.5. The Bertz CT molecular complexity index is 613. The van der Waals surface area contributed by atoms with Gasteiger partial charge in [-0.3, -0.25) is 4.79 Å². The highest BCUT2D eigenvalue weighted by Gasteiger charge is 2.10. The van der Waals surface area contributed by atoms with Crippen LogP contribution in [0.3, 0.4) is 0 Å². The topological polar surface area (TPSA) is 68.0 Å². The molecule has 0 unspecified atom stereocenters. The van der Waals surface area contributed by atoms with Gasteiger partial charge in [0.25, 0.3) is 0 Å². The van der Waals surface area contributed by atoms with E-state index in [0.29, 0.717) is 29.6 Å². The van der Waals surface area contributed by atoms with Crippen LogP contribution in [0.15, 0.2) is 28.8 Å². The Morgan fingerprint density at radius 2 is 2.23 bits per heavy atom. The zero-order valence-corrected chi connectivity index (χ0v) is 13.4. The smallest absolute Gasteiger partial charge is 0.227 e. The molecule has 0 saturated carbocycles. The molecule has 0 bridgehead atoms. The first kappa shape index (κ1) is 16.5. The number of carbonyl (C=O) groups is 1. The summed E-state index contributed by atoms with van der Waals surface area (Å²) in [5.74, 6) is 0.957. The molecule has 1 aromatic heterocycles. The molecular formula is C16H20ClN3O2. The largest absolute Gasteiger partial charge is 0.356 e. The van der Waals surface area contributed by atoms with Crippen molar-refractivity contribution in [2.75, 3.05) is 6.54 Å². The van der Waals surface area contributed by atoms with Crippen LogP contribution < -0.4 is 5.32 Å². The third-order valence-corrected chi connectivity index (χ3v) is 3.45. The second-order valence-corrected chi connectivity index (χ2v) is 5.52. The third-order valence-electron chi connectivity index (χ3n) is 3.22. The maximum Gasteiger partial charge on any atom is 0.227 e. The lowest BCUT2D eigenvalue weighted by Crippen LogP contribution is -2.24. The first-order chi connectivity index (χ1) is 10.7. The second kappa shape index (κ2) is 8.54. The number of nitrogens with one attached hydrogen (secondary N) is 1. The number of hydrogen-bond donors (Lipinski definition) is 1. The molecule has 5 nitrogen and oxygen atoms in total. The summed E-state index contributed by atoms with van der Waals surface area (Å²) in [6, 6.07) is 7.25. The van der Waals surface area contributed by atoms with Gasteiger partial charge < -0.3 is 9.84 Å². The Morgan fingerprint density at radius 1 is 1.36 bits per heavy atom. The van der Waals surface area contributed by atoms with Gasteiger partial charge >= 0.3 is 0 Å². The number of aromatic nitrogens is 2. The zero-order valence-electron chi connectivity index (χ0n) is 12.6. The van der Waals surface area contributed by atoms with Gasteiger partial charge in [-0.05, 0) is 18.6 Å². The normalized spacial score (nSPS) is 10.6. The van der Waals surface area contributed by atoms with Crippen molar-refractivity contribution in [1.82, 2.24) is 15.5 Å². The van der Waals surface area contributed by atoms with Crippen molar-refractivity contribution in [3.8, 4) is 11.4 Å². The molecule has 0 radical (unpaired) electrons. The minimum atomic E-state index is 0.0126. The molecule has 0 aliphatic carbocycles. The molecule has 1 heterocycles. The number of hydrogen-bond acceptors (Lipinski definition) is 4. The first-order valence-electron chi connectivity index (χ1n) is 7.54. The maximum atomic E-state index is 11.7. The number of aryl methyl sites for hydroxylation is 1. The quantitative estimate of drug-likeness (QED) is 0.754. The Hall–Kier alpha value is -1.88. The summed E-state index contributed by atoms with van der Waals surface area (Å²) in [6.07, 6.45) is 4.08. The molecular weight excluding hydrogens is 302 g/mol. The second-order valence-electron chi connectivity index (χ2n) is 5.08. The van der Waals surface area contributed by atoms with Crippen molar-refractivity contribution in [2.45, 2.75) is 39.0 Å². The van der Waals surface area contributed by atoms with E-state index >= 15 is 0 Å². The predicted molar refractivity (Wildman–Crippen MR) is 85.6 cm³/mol. The molecule has 0 saturated heterocycles. The molecule has 1 aromatic carbocycles. The summed E-state index contributed by atoms with van der Waals surface area (Å²) in [7, 11) is 0. The van der Waals surface area contributed by atoms with Crippen LogP contribution in [0.1, 0.15) is 38.5 Å². The van der Waals surface area contributed by atoms with Crippen LogP contribution in [-0.2, 0) is 11.2 Å². The Morgan fingerprint density at radius 3 is 3.00 bits per heavy atom. The monoisotopic (exact) mass is 321 g/mol. The van der Waals surface area contributed by atoms with Crippen LogP contribution in [0.4, 0.5) is 0 Å². The van der Waals surface area contributed by atoms with E-state index < -0.39 is 0 Å². The average Bonchev–Trinajstić information content (AvgIpc) is 2.98. The van der Waals surface area contributed by atoms with Gasteiger partial charge in [-0.15, -0.1) is 0 Å². The summed E-state index contributed by atoms with van der Waals surface area (Å²) >= 11 is 5.94. The van der Waals surface area contributed by atoms with Crippen LogP contribution in [0, 0.1) is 0 Å². The molecule has 1 amide bonds. The van der Waals surface area contributed by atoms with Crippen LogP contribution in [0.2, 0.25) is 5.02 Å². The molecule has 2 rings (SSSR count). The lowest BCUT2D eigenvalue weighted by atomic mass is 10.2. The first-order valence-corrected chi connectivity index (χ1v) is 7.92. The highest BCUT2D eigenvalue weighted by molar-refractivity contribution is 6.30. The van der Waals surface area contributed by atoms with Crippen LogP contribution in [0.5, 0.6) is 0 Å². The summed E-state index contributed by atoms with van der Waals surface area (Å²) < 4.78 is 5.17. The van der Waals surface area contributed by atoms with Gasteiger partial charge in [0.15, 0.2) is 0 Å². The van der Waals surface area contributed by atoms with E-state index in [1.165, 1.54) is 0 Å². The molecule has 0 spiro atoms. The van der Waals surface area contributed by atoms with Gasteiger partial charge in [0, 0.05) is 30.0 Å². The zero-order chi connectivity index (χ0) is 15.8. The standard InChI is InChI=1S/C16H20ClN3O2/c1-2-3-4-10-18-14(21)8-9-15-19-16(20-22-15)12-6-5-7-13(17)11-12/h5-7,11H,2-4,8-10H2,1H3,(H,18,21). The Kier molecular flexibility index (Phi) is 6.40. The molecule has 0 fully saturated rings. The van der Waals surface area contributed by atoms with Crippen molar-refractivity contribution in [3.05, 3.63) is 35.2 Å². The Labute approximate surface area is 135 Å². The fourth-order valence-corrected chi connectivity index (χ4v) is 2.20. The lowest BCUT2D eigenvalue weighted by Gasteiger charge is -2.02.